The van der Waals surface area contributed by atoms with Crippen molar-refractivity contribution in [1.29, 1.82) is 0 Å². The highest BCUT2D eigenvalue weighted by molar-refractivity contribution is 5.91. The predicted octanol–water partition coefficient (Wildman–Crippen LogP) is 4.51. The minimum absolute atomic E-state index is 0.283. The number of hydrogen-bond donors (Lipinski definition) is 1. The van der Waals surface area contributed by atoms with Crippen molar-refractivity contribution in [1.82, 2.24) is 9.55 Å². The number of rotatable bonds is 6. The Morgan fingerprint density at radius 2 is 2.08 bits per heavy atom. The van der Waals surface area contributed by atoms with Gasteiger partial charge in [0.1, 0.15) is 18.1 Å². The van der Waals surface area contributed by atoms with E-state index in [-0.39, 0.29) is 5.92 Å². The number of ether oxygens (including phenoxy) is 1. The Morgan fingerprint density at radius 1 is 1.25 bits per heavy atom. The summed E-state index contributed by atoms with van der Waals surface area (Å²) in [6.45, 7) is 7.60. The molecule has 0 radical (unpaired) electrons. The van der Waals surface area contributed by atoms with E-state index in [0.29, 0.717) is 12.4 Å². The van der Waals surface area contributed by atoms with Crippen LogP contribution in [0.3, 0.4) is 0 Å². The Labute approximate surface area is 142 Å². The second-order valence-electron chi connectivity index (χ2n) is 6.34. The van der Waals surface area contributed by atoms with Crippen molar-refractivity contribution in [3.05, 3.63) is 54.1 Å². The van der Waals surface area contributed by atoms with Crippen LogP contribution in [-0.4, -0.2) is 21.3 Å². The maximum atomic E-state index is 10.4. The quantitative estimate of drug-likeness (QED) is 0.726. The number of aromatic hydroxyl groups is 1. The molecule has 0 spiro atoms. The third kappa shape index (κ3) is 3.23. The number of aryl methyl sites for hydroxylation is 1. The van der Waals surface area contributed by atoms with Gasteiger partial charge in [0.2, 0.25) is 0 Å². The van der Waals surface area contributed by atoms with Crippen molar-refractivity contribution < 1.29 is 9.84 Å². The van der Waals surface area contributed by atoms with Crippen molar-refractivity contribution in [3.63, 3.8) is 0 Å². The lowest BCUT2D eigenvalue weighted by molar-refractivity contribution is 0.299. The van der Waals surface area contributed by atoms with E-state index >= 15 is 0 Å². The van der Waals surface area contributed by atoms with Crippen molar-refractivity contribution in [3.8, 4) is 11.5 Å². The summed E-state index contributed by atoms with van der Waals surface area (Å²) in [6.07, 6.45) is 6.37. The fourth-order valence-corrected chi connectivity index (χ4v) is 2.98. The van der Waals surface area contributed by atoms with Gasteiger partial charge in [0, 0.05) is 17.8 Å². The van der Waals surface area contributed by atoms with Crippen LogP contribution in [-0.2, 0) is 13.0 Å². The molecule has 4 heteroatoms. The maximum Gasteiger partial charge on any atom is 0.130 e. The number of phenolic OH excluding ortho intramolecular Hbond substituents is 1. The van der Waals surface area contributed by atoms with Crippen LogP contribution in [0.15, 0.2) is 43.0 Å². The zero-order valence-corrected chi connectivity index (χ0v) is 14.5. The van der Waals surface area contributed by atoms with Gasteiger partial charge in [-0.05, 0) is 41.0 Å². The summed E-state index contributed by atoms with van der Waals surface area (Å²) in [5.74, 6) is 1.50. The number of hydrogen-bond acceptors (Lipinski definition) is 3. The SMILES string of the molecule is CCc1ccc2cc(C(C)C)c(O)cc2c1OCCn1ccnc1. The molecule has 0 aliphatic rings. The van der Waals surface area contributed by atoms with Gasteiger partial charge in [-0.2, -0.15) is 0 Å². The van der Waals surface area contributed by atoms with Gasteiger partial charge in [0.15, 0.2) is 0 Å². The Balaban J connectivity index is 1.95. The first-order chi connectivity index (χ1) is 11.6. The molecule has 1 N–H and O–H groups in total. The van der Waals surface area contributed by atoms with Gasteiger partial charge < -0.3 is 14.4 Å². The smallest absolute Gasteiger partial charge is 0.130 e. The molecule has 0 unspecified atom stereocenters. The highest BCUT2D eigenvalue weighted by Gasteiger charge is 2.13. The van der Waals surface area contributed by atoms with Gasteiger partial charge in [-0.25, -0.2) is 4.98 Å². The van der Waals surface area contributed by atoms with Crippen LogP contribution in [0.1, 0.15) is 37.8 Å². The Morgan fingerprint density at radius 3 is 2.75 bits per heavy atom. The fourth-order valence-electron chi connectivity index (χ4n) is 2.98. The Kier molecular flexibility index (Phi) is 4.74. The van der Waals surface area contributed by atoms with Gasteiger partial charge in [0.05, 0.1) is 12.9 Å². The molecule has 126 valence electrons. The molecule has 3 aromatic rings. The molecule has 0 fully saturated rings. The molecule has 3 rings (SSSR count). The van der Waals surface area contributed by atoms with Crippen LogP contribution in [0.4, 0.5) is 0 Å². The van der Waals surface area contributed by atoms with E-state index < -0.39 is 0 Å². The molecule has 0 saturated heterocycles. The van der Waals surface area contributed by atoms with Crippen LogP contribution in [0.2, 0.25) is 0 Å². The van der Waals surface area contributed by atoms with E-state index in [4.69, 9.17) is 4.74 Å². The minimum atomic E-state index is 0.283. The summed E-state index contributed by atoms with van der Waals surface area (Å²) < 4.78 is 8.10. The van der Waals surface area contributed by atoms with E-state index in [1.54, 1.807) is 12.5 Å². The maximum absolute atomic E-state index is 10.4. The van der Waals surface area contributed by atoms with Crippen molar-refractivity contribution in [2.75, 3.05) is 6.61 Å². The number of benzene rings is 2. The number of imidazole rings is 1. The van der Waals surface area contributed by atoms with Gasteiger partial charge in [-0.15, -0.1) is 0 Å². The lowest BCUT2D eigenvalue weighted by Crippen LogP contribution is -2.08. The van der Waals surface area contributed by atoms with E-state index in [1.165, 1.54) is 0 Å². The minimum Gasteiger partial charge on any atom is -0.508 e. The molecule has 24 heavy (non-hydrogen) atoms. The van der Waals surface area contributed by atoms with Crippen molar-refractivity contribution in [2.24, 2.45) is 0 Å². The van der Waals surface area contributed by atoms with Crippen LogP contribution in [0.5, 0.6) is 11.5 Å². The number of nitrogens with zero attached hydrogens (tertiary/aromatic N) is 2. The van der Waals surface area contributed by atoms with Crippen molar-refractivity contribution >= 4 is 10.8 Å². The van der Waals surface area contributed by atoms with Crippen LogP contribution >= 0.6 is 0 Å². The predicted molar refractivity (Wildman–Crippen MR) is 96.8 cm³/mol. The standard InChI is InChI=1S/C20H24N2O2/c1-4-15-5-6-16-11-17(14(2)3)19(23)12-18(16)20(15)24-10-9-22-8-7-21-13-22/h5-8,11-14,23H,4,9-10H2,1-3H3. The second-order valence-corrected chi connectivity index (χ2v) is 6.34. The molecule has 0 aliphatic heterocycles. The Hall–Kier alpha value is -2.49. The highest BCUT2D eigenvalue weighted by atomic mass is 16.5. The van der Waals surface area contributed by atoms with E-state index in [0.717, 1.165) is 40.6 Å². The summed E-state index contributed by atoms with van der Waals surface area (Å²) >= 11 is 0. The third-order valence-electron chi connectivity index (χ3n) is 4.36. The molecular weight excluding hydrogens is 300 g/mol. The normalized spacial score (nSPS) is 11.3. The molecular formula is C20H24N2O2. The summed E-state index contributed by atoms with van der Waals surface area (Å²) in [5.41, 5.74) is 2.13. The number of aromatic nitrogens is 2. The zero-order valence-electron chi connectivity index (χ0n) is 14.5. The first kappa shape index (κ1) is 16.4. The van der Waals surface area contributed by atoms with Crippen LogP contribution in [0, 0.1) is 0 Å². The molecule has 0 aliphatic carbocycles. The van der Waals surface area contributed by atoms with Gasteiger partial charge >= 0.3 is 0 Å². The second kappa shape index (κ2) is 6.95. The lowest BCUT2D eigenvalue weighted by Gasteiger charge is -2.16. The highest BCUT2D eigenvalue weighted by Crippen LogP contribution is 2.37. The van der Waals surface area contributed by atoms with Crippen LogP contribution < -0.4 is 4.74 Å². The van der Waals surface area contributed by atoms with E-state index in [1.807, 2.05) is 16.8 Å². The van der Waals surface area contributed by atoms with Crippen molar-refractivity contribution in [2.45, 2.75) is 39.7 Å². The fraction of sp³-hybridized carbons (Fsp3) is 0.350. The summed E-state index contributed by atoms with van der Waals surface area (Å²) in [4.78, 5) is 4.04. The molecule has 0 amide bonds. The topological polar surface area (TPSA) is 47.3 Å². The van der Waals surface area contributed by atoms with Crippen LogP contribution in [0.25, 0.3) is 10.8 Å². The largest absolute Gasteiger partial charge is 0.508 e. The first-order valence-corrected chi connectivity index (χ1v) is 8.47. The average molecular weight is 324 g/mol. The summed E-state index contributed by atoms with van der Waals surface area (Å²) in [5, 5.41) is 12.5. The number of phenols is 1. The summed E-state index contributed by atoms with van der Waals surface area (Å²) in [7, 11) is 0. The molecule has 2 aromatic carbocycles. The van der Waals surface area contributed by atoms with Gasteiger partial charge in [-0.3, -0.25) is 0 Å². The van der Waals surface area contributed by atoms with E-state index in [9.17, 15) is 5.11 Å². The number of fused-ring (bicyclic) bond motifs is 1. The van der Waals surface area contributed by atoms with Gasteiger partial charge in [-0.1, -0.05) is 32.9 Å². The molecule has 4 nitrogen and oxygen atoms in total. The molecule has 1 heterocycles. The van der Waals surface area contributed by atoms with E-state index in [2.05, 4.69) is 44.0 Å². The zero-order chi connectivity index (χ0) is 17.1. The molecule has 1 aromatic heterocycles. The molecule has 0 bridgehead atoms. The third-order valence-corrected chi connectivity index (χ3v) is 4.36. The lowest BCUT2D eigenvalue weighted by atomic mass is 9.96. The monoisotopic (exact) mass is 324 g/mol. The average Bonchev–Trinajstić information content (AvgIpc) is 3.07. The first-order valence-electron chi connectivity index (χ1n) is 8.47. The van der Waals surface area contributed by atoms with Gasteiger partial charge in [0.25, 0.3) is 0 Å². The molecule has 0 atom stereocenters. The summed E-state index contributed by atoms with van der Waals surface area (Å²) in [6, 6.07) is 8.14. The molecule has 0 saturated carbocycles. The Bertz CT molecular complexity index is 823.